The third kappa shape index (κ3) is 2.30. The lowest BCUT2D eigenvalue weighted by atomic mass is 10.0. The van der Waals surface area contributed by atoms with E-state index >= 15 is 0 Å². The predicted molar refractivity (Wildman–Crippen MR) is 114 cm³/mol. The van der Waals surface area contributed by atoms with Crippen molar-refractivity contribution in [1.82, 2.24) is 9.88 Å². The molecule has 2 aromatic carbocycles. The number of rotatable bonds is 6. The van der Waals surface area contributed by atoms with Gasteiger partial charge in [-0.25, -0.2) is 0 Å². The van der Waals surface area contributed by atoms with Gasteiger partial charge in [-0.1, -0.05) is 35.9 Å². The van der Waals surface area contributed by atoms with Crippen LogP contribution >= 0.6 is 11.6 Å². The van der Waals surface area contributed by atoms with Crippen molar-refractivity contribution in [3.8, 4) is 0 Å². The summed E-state index contributed by atoms with van der Waals surface area (Å²) in [6.07, 6.45) is 5.14. The van der Waals surface area contributed by atoms with Crippen LogP contribution in [-0.4, -0.2) is 27.1 Å². The van der Waals surface area contributed by atoms with Gasteiger partial charge < -0.3 is 15.0 Å². The van der Waals surface area contributed by atoms with Crippen LogP contribution in [-0.2, 0) is 11.3 Å². The molecule has 1 aromatic heterocycles. The molecule has 2 N–H and O–H groups in total. The molecule has 3 aliphatic carbocycles. The molecule has 6 heteroatoms. The number of fused-ring (bicyclic) bond motifs is 2. The lowest BCUT2D eigenvalue weighted by Gasteiger charge is -2.21. The first-order valence-electron chi connectivity index (χ1n) is 10.3. The Balaban J connectivity index is 1.31. The maximum absolute atomic E-state index is 13.3. The van der Waals surface area contributed by atoms with E-state index in [1.54, 1.807) is 0 Å². The van der Waals surface area contributed by atoms with Gasteiger partial charge in [0, 0.05) is 34.1 Å². The standard InChI is InChI=1S/C24H21ClN2O3/c25-17-6-4-15(5-7-17)12-27-11-8-16-2-1-3-18(19(16)27)20(28)26-24(9-10-24)23-13-22(23,14-23)21(29)30/h1-8,11H,9-10,12-14H2,(H,26,28)(H,29,30). The lowest BCUT2D eigenvalue weighted by Crippen LogP contribution is -2.41. The monoisotopic (exact) mass is 420 g/mol. The maximum atomic E-state index is 13.3. The number of carboxylic acid groups (broad SMARTS) is 1. The first kappa shape index (κ1) is 18.0. The number of carboxylic acids is 1. The highest BCUT2D eigenvalue weighted by molar-refractivity contribution is 6.30. The van der Waals surface area contributed by atoms with E-state index in [1.807, 2.05) is 54.7 Å². The number of para-hydroxylation sites is 1. The zero-order valence-corrected chi connectivity index (χ0v) is 17.1. The minimum absolute atomic E-state index is 0.110. The molecular weight excluding hydrogens is 400 g/mol. The minimum atomic E-state index is -0.707. The summed E-state index contributed by atoms with van der Waals surface area (Å²) in [6, 6.07) is 15.5. The largest absolute Gasteiger partial charge is 0.481 e. The summed E-state index contributed by atoms with van der Waals surface area (Å²) in [4.78, 5) is 25.0. The molecule has 1 amide bonds. The second kappa shape index (κ2) is 5.67. The van der Waals surface area contributed by atoms with Crippen LogP contribution in [0.4, 0.5) is 0 Å². The third-order valence-corrected chi connectivity index (χ3v) is 7.85. The van der Waals surface area contributed by atoms with Gasteiger partial charge in [0.1, 0.15) is 0 Å². The van der Waals surface area contributed by atoms with Crippen LogP contribution in [0.5, 0.6) is 0 Å². The van der Waals surface area contributed by atoms with Crippen LogP contribution < -0.4 is 5.32 Å². The number of aromatic nitrogens is 1. The summed E-state index contributed by atoms with van der Waals surface area (Å²) in [7, 11) is 0. The van der Waals surface area contributed by atoms with E-state index in [-0.39, 0.29) is 16.9 Å². The number of benzene rings is 2. The van der Waals surface area contributed by atoms with E-state index in [9.17, 15) is 14.7 Å². The van der Waals surface area contributed by atoms with Crippen molar-refractivity contribution in [2.45, 2.75) is 37.8 Å². The Kier molecular flexibility index (Phi) is 3.40. The van der Waals surface area contributed by atoms with Gasteiger partial charge in [-0.05, 0) is 55.5 Å². The van der Waals surface area contributed by atoms with Gasteiger partial charge in [-0.2, -0.15) is 0 Å². The highest BCUT2D eigenvalue weighted by Crippen LogP contribution is 2.93. The predicted octanol–water partition coefficient (Wildman–Crippen LogP) is 4.47. The summed E-state index contributed by atoms with van der Waals surface area (Å²) < 4.78 is 2.08. The first-order chi connectivity index (χ1) is 14.4. The van der Waals surface area contributed by atoms with Gasteiger partial charge in [0.05, 0.1) is 16.5 Å². The Labute approximate surface area is 178 Å². The number of halogens is 1. The van der Waals surface area contributed by atoms with Crippen LogP contribution in [0.2, 0.25) is 5.02 Å². The van der Waals surface area contributed by atoms with Crippen molar-refractivity contribution in [2.75, 3.05) is 0 Å². The van der Waals surface area contributed by atoms with E-state index in [0.717, 1.165) is 29.3 Å². The Bertz CT molecular complexity index is 1220. The zero-order valence-electron chi connectivity index (χ0n) is 16.3. The highest BCUT2D eigenvalue weighted by Gasteiger charge is 2.95. The van der Waals surface area contributed by atoms with Crippen molar-refractivity contribution in [2.24, 2.45) is 10.8 Å². The van der Waals surface area contributed by atoms with Crippen LogP contribution in [0.15, 0.2) is 54.7 Å². The number of nitrogens with one attached hydrogen (secondary N) is 1. The average Bonchev–Trinajstić information content (AvgIpc) is 3.63. The van der Waals surface area contributed by atoms with Gasteiger partial charge in [-0.3, -0.25) is 9.59 Å². The molecular formula is C24H21ClN2O3. The van der Waals surface area contributed by atoms with E-state index in [2.05, 4.69) is 9.88 Å². The average molecular weight is 421 g/mol. The number of hydrogen-bond acceptors (Lipinski definition) is 2. The molecule has 0 bridgehead atoms. The molecule has 0 radical (unpaired) electrons. The highest BCUT2D eigenvalue weighted by atomic mass is 35.5. The number of hydrogen-bond donors (Lipinski definition) is 2. The van der Waals surface area contributed by atoms with Crippen LogP contribution in [0, 0.1) is 10.8 Å². The molecule has 0 saturated heterocycles. The Hall–Kier alpha value is -2.79. The van der Waals surface area contributed by atoms with Crippen LogP contribution in [0.25, 0.3) is 10.9 Å². The molecule has 3 aliphatic rings. The molecule has 0 atom stereocenters. The van der Waals surface area contributed by atoms with Crippen molar-refractivity contribution in [1.29, 1.82) is 0 Å². The zero-order chi connectivity index (χ0) is 20.7. The fourth-order valence-electron chi connectivity index (χ4n) is 5.54. The Morgan fingerprint density at radius 3 is 2.43 bits per heavy atom. The molecule has 0 unspecified atom stereocenters. The summed E-state index contributed by atoms with van der Waals surface area (Å²) in [5.74, 6) is -0.816. The molecule has 30 heavy (non-hydrogen) atoms. The first-order valence-corrected chi connectivity index (χ1v) is 10.7. The number of nitrogens with zero attached hydrogens (tertiary/aromatic N) is 1. The summed E-state index contributed by atoms with van der Waals surface area (Å²) in [6.45, 7) is 0.641. The number of aliphatic carboxylic acids is 1. The smallest absolute Gasteiger partial charge is 0.310 e. The topological polar surface area (TPSA) is 71.3 Å². The van der Waals surface area contributed by atoms with Gasteiger partial charge in [0.25, 0.3) is 5.91 Å². The molecule has 3 fully saturated rings. The van der Waals surface area contributed by atoms with Crippen molar-refractivity contribution in [3.63, 3.8) is 0 Å². The fraction of sp³-hybridized carbons (Fsp3) is 0.333. The van der Waals surface area contributed by atoms with Crippen molar-refractivity contribution < 1.29 is 14.7 Å². The van der Waals surface area contributed by atoms with E-state index in [0.29, 0.717) is 30.0 Å². The van der Waals surface area contributed by atoms with E-state index < -0.39 is 11.4 Å². The SMILES string of the molecule is O=C(NC1(C23CC2(C(=O)O)C3)CC1)c1cccc2ccn(Cc3ccc(Cl)cc3)c12. The van der Waals surface area contributed by atoms with E-state index in [1.165, 1.54) is 0 Å². The summed E-state index contributed by atoms with van der Waals surface area (Å²) >= 11 is 6.00. The van der Waals surface area contributed by atoms with Gasteiger partial charge >= 0.3 is 5.97 Å². The minimum Gasteiger partial charge on any atom is -0.481 e. The lowest BCUT2D eigenvalue weighted by molar-refractivity contribution is -0.141. The molecule has 5 nitrogen and oxygen atoms in total. The molecule has 152 valence electrons. The maximum Gasteiger partial charge on any atom is 0.310 e. The summed E-state index contributed by atoms with van der Waals surface area (Å²) in [5.41, 5.74) is 1.52. The molecule has 3 aromatic rings. The van der Waals surface area contributed by atoms with Crippen molar-refractivity contribution >= 4 is 34.4 Å². The number of amides is 1. The Morgan fingerprint density at radius 1 is 1.07 bits per heavy atom. The van der Waals surface area contributed by atoms with Gasteiger partial charge in [0.15, 0.2) is 0 Å². The molecule has 0 aliphatic heterocycles. The molecule has 6 rings (SSSR count). The van der Waals surface area contributed by atoms with Crippen LogP contribution in [0.3, 0.4) is 0 Å². The second-order valence-corrected chi connectivity index (χ2v) is 9.61. The normalized spacial score (nSPS) is 27.4. The third-order valence-electron chi connectivity index (χ3n) is 7.60. The quantitative estimate of drug-likeness (QED) is 0.618. The molecule has 3 saturated carbocycles. The Morgan fingerprint density at radius 2 is 1.80 bits per heavy atom. The fourth-order valence-corrected chi connectivity index (χ4v) is 5.66. The summed E-state index contributed by atoms with van der Waals surface area (Å²) in [5, 5.41) is 14.5. The van der Waals surface area contributed by atoms with Gasteiger partial charge in [0.2, 0.25) is 0 Å². The van der Waals surface area contributed by atoms with Gasteiger partial charge in [-0.15, -0.1) is 0 Å². The second-order valence-electron chi connectivity index (χ2n) is 9.17. The molecule has 0 spiro atoms. The van der Waals surface area contributed by atoms with Crippen molar-refractivity contribution in [3.05, 3.63) is 70.9 Å². The number of carbonyl (C=O) groups excluding carboxylic acids is 1. The number of carbonyl (C=O) groups is 2. The van der Waals surface area contributed by atoms with Crippen LogP contribution in [0.1, 0.15) is 41.6 Å². The molecule has 1 heterocycles. The van der Waals surface area contributed by atoms with E-state index in [4.69, 9.17) is 11.6 Å².